The van der Waals surface area contributed by atoms with E-state index in [4.69, 9.17) is 0 Å². The summed E-state index contributed by atoms with van der Waals surface area (Å²) in [6.07, 6.45) is 3.65. The van der Waals surface area contributed by atoms with E-state index in [1.807, 2.05) is 46.8 Å². The number of nitrogens with zero attached hydrogens (tertiary/aromatic N) is 5. The number of thiophene rings is 1. The van der Waals surface area contributed by atoms with E-state index >= 15 is 0 Å². The molecule has 2 aromatic carbocycles. The second-order valence-corrected chi connectivity index (χ2v) is 9.18. The van der Waals surface area contributed by atoms with E-state index in [1.165, 1.54) is 5.56 Å². The Kier molecular flexibility index (Phi) is 5.03. The molecule has 7 heteroatoms. The van der Waals surface area contributed by atoms with Crippen LogP contribution in [0.3, 0.4) is 0 Å². The van der Waals surface area contributed by atoms with E-state index in [0.29, 0.717) is 13.1 Å². The Morgan fingerprint density at radius 1 is 0.879 bits per heavy atom. The van der Waals surface area contributed by atoms with Crippen molar-refractivity contribution in [2.45, 2.75) is 6.54 Å². The number of amides is 1. The molecule has 3 aromatic heterocycles. The number of para-hydroxylation sites is 1. The molecular weight excluding hydrogens is 430 g/mol. The van der Waals surface area contributed by atoms with Gasteiger partial charge in [-0.2, -0.15) is 0 Å². The first kappa shape index (κ1) is 19.9. The normalized spacial score (nSPS) is 14.3. The SMILES string of the molecule is O=C(c1cn(Cc2ccccc2)c2ccccc12)N1CCN(c2ncnc3sccc23)CC1. The Hall–Kier alpha value is -3.71. The predicted molar refractivity (Wildman–Crippen MR) is 133 cm³/mol. The van der Waals surface area contributed by atoms with E-state index in [9.17, 15) is 4.79 Å². The molecule has 164 valence electrons. The number of anilines is 1. The zero-order chi connectivity index (χ0) is 22.2. The second kappa shape index (κ2) is 8.33. The first-order valence-corrected chi connectivity index (χ1v) is 12.0. The van der Waals surface area contributed by atoms with Crippen molar-refractivity contribution in [1.29, 1.82) is 0 Å². The van der Waals surface area contributed by atoms with Crippen LogP contribution in [0.2, 0.25) is 0 Å². The van der Waals surface area contributed by atoms with Crippen molar-refractivity contribution in [3.05, 3.63) is 89.7 Å². The van der Waals surface area contributed by atoms with Gasteiger partial charge in [0.1, 0.15) is 17.0 Å². The summed E-state index contributed by atoms with van der Waals surface area (Å²) >= 11 is 1.63. The highest BCUT2D eigenvalue weighted by molar-refractivity contribution is 7.16. The van der Waals surface area contributed by atoms with Gasteiger partial charge in [-0.1, -0.05) is 48.5 Å². The van der Waals surface area contributed by atoms with Crippen molar-refractivity contribution in [2.24, 2.45) is 0 Å². The summed E-state index contributed by atoms with van der Waals surface area (Å²) in [4.78, 5) is 27.7. The first-order chi connectivity index (χ1) is 16.3. The van der Waals surface area contributed by atoms with Crippen molar-refractivity contribution in [1.82, 2.24) is 19.4 Å². The topological polar surface area (TPSA) is 54.3 Å². The lowest BCUT2D eigenvalue weighted by Gasteiger charge is -2.35. The number of carbonyl (C=O) groups is 1. The number of rotatable bonds is 4. The fraction of sp³-hybridized carbons (Fsp3) is 0.192. The first-order valence-electron chi connectivity index (χ1n) is 11.1. The summed E-state index contributed by atoms with van der Waals surface area (Å²) in [7, 11) is 0. The number of fused-ring (bicyclic) bond motifs is 2. The van der Waals surface area contributed by atoms with Gasteiger partial charge in [0.05, 0.1) is 10.9 Å². The number of hydrogen-bond donors (Lipinski definition) is 0. The molecule has 0 N–H and O–H groups in total. The summed E-state index contributed by atoms with van der Waals surface area (Å²) < 4.78 is 2.18. The average Bonchev–Trinajstić information content (AvgIpc) is 3.50. The molecule has 1 fully saturated rings. The van der Waals surface area contributed by atoms with Crippen molar-refractivity contribution in [3.8, 4) is 0 Å². The van der Waals surface area contributed by atoms with Crippen molar-refractivity contribution in [3.63, 3.8) is 0 Å². The van der Waals surface area contributed by atoms with E-state index in [0.717, 1.165) is 52.1 Å². The molecule has 6 rings (SSSR count). The van der Waals surface area contributed by atoms with Gasteiger partial charge in [0, 0.05) is 49.8 Å². The highest BCUT2D eigenvalue weighted by atomic mass is 32.1. The molecule has 0 spiro atoms. The Labute approximate surface area is 195 Å². The summed E-state index contributed by atoms with van der Waals surface area (Å²) in [6.45, 7) is 3.61. The van der Waals surface area contributed by atoms with Gasteiger partial charge in [-0.05, 0) is 23.1 Å². The van der Waals surface area contributed by atoms with Gasteiger partial charge >= 0.3 is 0 Å². The maximum Gasteiger partial charge on any atom is 0.256 e. The molecule has 0 saturated carbocycles. The number of hydrogen-bond acceptors (Lipinski definition) is 5. The summed E-state index contributed by atoms with van der Waals surface area (Å²) in [5.74, 6) is 1.06. The molecule has 1 saturated heterocycles. The van der Waals surface area contributed by atoms with Crippen LogP contribution in [0.25, 0.3) is 21.1 Å². The molecule has 6 nitrogen and oxygen atoms in total. The number of piperazine rings is 1. The lowest BCUT2D eigenvalue weighted by molar-refractivity contribution is 0.0748. The molecule has 0 aliphatic carbocycles. The van der Waals surface area contributed by atoms with Crippen LogP contribution in [0.1, 0.15) is 15.9 Å². The van der Waals surface area contributed by atoms with Crippen molar-refractivity contribution in [2.75, 3.05) is 31.1 Å². The van der Waals surface area contributed by atoms with Gasteiger partial charge in [0.2, 0.25) is 0 Å². The third kappa shape index (κ3) is 3.64. The van der Waals surface area contributed by atoms with E-state index in [1.54, 1.807) is 17.7 Å². The average molecular weight is 454 g/mol. The van der Waals surface area contributed by atoms with E-state index in [2.05, 4.69) is 49.8 Å². The monoisotopic (exact) mass is 453 g/mol. The minimum atomic E-state index is 0.0982. The van der Waals surface area contributed by atoms with E-state index in [-0.39, 0.29) is 5.91 Å². The minimum absolute atomic E-state index is 0.0982. The lowest BCUT2D eigenvalue weighted by Crippen LogP contribution is -2.49. The molecule has 33 heavy (non-hydrogen) atoms. The molecule has 1 aliphatic heterocycles. The smallest absolute Gasteiger partial charge is 0.256 e. The van der Waals surface area contributed by atoms with Gasteiger partial charge in [-0.3, -0.25) is 4.79 Å². The Balaban J connectivity index is 1.24. The molecule has 4 heterocycles. The molecule has 0 atom stereocenters. The third-order valence-electron chi connectivity index (χ3n) is 6.32. The Bertz CT molecular complexity index is 1430. The number of benzene rings is 2. The molecule has 1 amide bonds. The number of aromatic nitrogens is 3. The molecule has 0 radical (unpaired) electrons. The lowest BCUT2D eigenvalue weighted by atomic mass is 10.1. The van der Waals surface area contributed by atoms with Crippen LogP contribution < -0.4 is 4.90 Å². The van der Waals surface area contributed by atoms with Gasteiger partial charge in [-0.15, -0.1) is 11.3 Å². The zero-order valence-electron chi connectivity index (χ0n) is 18.1. The molecule has 1 aliphatic rings. The van der Waals surface area contributed by atoms with Gasteiger partial charge in [0.25, 0.3) is 5.91 Å². The Morgan fingerprint density at radius 2 is 1.67 bits per heavy atom. The maximum atomic E-state index is 13.6. The quantitative estimate of drug-likeness (QED) is 0.397. The van der Waals surface area contributed by atoms with Crippen LogP contribution in [-0.2, 0) is 6.54 Å². The van der Waals surface area contributed by atoms with Crippen LogP contribution in [0.5, 0.6) is 0 Å². The van der Waals surface area contributed by atoms with E-state index < -0.39 is 0 Å². The highest BCUT2D eigenvalue weighted by Crippen LogP contribution is 2.28. The number of carbonyl (C=O) groups excluding carboxylic acids is 1. The minimum Gasteiger partial charge on any atom is -0.352 e. The molecule has 0 bridgehead atoms. The summed E-state index contributed by atoms with van der Waals surface area (Å²) in [5.41, 5.74) is 3.08. The molecule has 5 aromatic rings. The van der Waals surface area contributed by atoms with Crippen LogP contribution in [0.4, 0.5) is 5.82 Å². The third-order valence-corrected chi connectivity index (χ3v) is 7.14. The highest BCUT2D eigenvalue weighted by Gasteiger charge is 2.26. The largest absolute Gasteiger partial charge is 0.352 e. The second-order valence-electron chi connectivity index (χ2n) is 8.29. The van der Waals surface area contributed by atoms with Gasteiger partial charge in [-0.25, -0.2) is 9.97 Å². The Morgan fingerprint density at radius 3 is 2.52 bits per heavy atom. The van der Waals surface area contributed by atoms with Crippen LogP contribution in [-0.4, -0.2) is 51.5 Å². The summed E-state index contributed by atoms with van der Waals surface area (Å²) in [6, 6.07) is 20.6. The van der Waals surface area contributed by atoms with Crippen LogP contribution in [0, 0.1) is 0 Å². The zero-order valence-corrected chi connectivity index (χ0v) is 18.9. The molecular formula is C26H23N5OS. The van der Waals surface area contributed by atoms with Gasteiger partial charge < -0.3 is 14.4 Å². The maximum absolute atomic E-state index is 13.6. The van der Waals surface area contributed by atoms with Gasteiger partial charge in [0.15, 0.2) is 0 Å². The van der Waals surface area contributed by atoms with Crippen LogP contribution >= 0.6 is 11.3 Å². The van der Waals surface area contributed by atoms with Crippen molar-refractivity contribution < 1.29 is 4.79 Å². The summed E-state index contributed by atoms with van der Waals surface area (Å²) in [5, 5.41) is 4.15. The standard InChI is InChI=1S/C26H23N5OS/c32-26(30-13-11-29(12-14-30)24-21-10-15-33-25(21)28-18-27-24)22-17-31(16-19-6-2-1-3-7-19)23-9-5-4-8-20(22)23/h1-10,15,17-18H,11-14,16H2. The van der Waals surface area contributed by atoms with Crippen LogP contribution in [0.15, 0.2) is 78.6 Å². The predicted octanol–water partition coefficient (Wildman–Crippen LogP) is 4.66. The fourth-order valence-electron chi connectivity index (χ4n) is 4.65. The molecule has 0 unspecified atom stereocenters. The van der Waals surface area contributed by atoms with Crippen molar-refractivity contribution >= 4 is 44.2 Å². The fourth-order valence-corrected chi connectivity index (χ4v) is 5.38.